The minimum Gasteiger partial charge on any atom is -0.317 e. The number of nitrogens with one attached hydrogen (secondary N) is 2. The van der Waals surface area contributed by atoms with Crippen LogP contribution < -0.4 is 10.8 Å². The van der Waals surface area contributed by atoms with Crippen LogP contribution in [0.3, 0.4) is 0 Å². The second-order valence-corrected chi connectivity index (χ2v) is 12.1. The summed E-state index contributed by atoms with van der Waals surface area (Å²) < 4.78 is 27.8. The van der Waals surface area contributed by atoms with E-state index in [-0.39, 0.29) is 24.2 Å². The normalized spacial score (nSPS) is 22.8. The Kier molecular flexibility index (Phi) is 8.43. The van der Waals surface area contributed by atoms with Gasteiger partial charge in [0.15, 0.2) is 9.84 Å². The molecular weight excluding hydrogens is 464 g/mol. The topological polar surface area (TPSA) is 112 Å². The maximum Gasteiger partial charge on any atom is 0.246 e. The number of hydrogen-bond acceptors (Lipinski definition) is 7. The van der Waals surface area contributed by atoms with E-state index in [2.05, 4.69) is 23.2 Å². The van der Waals surface area contributed by atoms with Gasteiger partial charge in [0, 0.05) is 25.2 Å². The number of hydrogen-bond donors (Lipinski definition) is 3. The maximum atomic E-state index is 14.4. The second-order valence-electron chi connectivity index (χ2n) is 9.59. The summed E-state index contributed by atoms with van der Waals surface area (Å²) in [5.74, 6) is -0.639. The summed E-state index contributed by atoms with van der Waals surface area (Å²) in [5, 5.41) is 12.3. The predicted octanol–water partition coefficient (Wildman–Crippen LogP) is 2.55. The largest absolute Gasteiger partial charge is 0.317 e. The van der Waals surface area contributed by atoms with Crippen molar-refractivity contribution in [3.05, 3.63) is 29.6 Å². The monoisotopic (exact) mass is 500 g/mol. The highest BCUT2D eigenvalue weighted by molar-refractivity contribution is 7.94. The lowest BCUT2D eigenvalue weighted by Crippen LogP contribution is -2.57. The summed E-state index contributed by atoms with van der Waals surface area (Å²) in [5.41, 5.74) is 3.58. The van der Waals surface area contributed by atoms with E-state index in [1.165, 1.54) is 0 Å². The number of aromatic nitrogens is 1. The fraction of sp³-hybridized carbons (Fsp3) is 0.739. The van der Waals surface area contributed by atoms with Gasteiger partial charge in [-0.1, -0.05) is 19.4 Å². The zero-order valence-corrected chi connectivity index (χ0v) is 21.0. The standard InChI is InChI=1S/C23H36N4O4S.ClH/c1-2-3-4-18-5-6-20(25-17-18)22(11-13-24-14-12-22)32(30,31)23(9-10-23)27-15-7-19(8-16-27)21(28)26-29;/h5-6,17,19,24,29H,2-4,7-16H2,1H3,(H,26,28);1H. The van der Waals surface area contributed by atoms with Gasteiger partial charge in [-0.3, -0.25) is 19.9 Å². The highest BCUT2D eigenvalue weighted by atomic mass is 35.5. The molecule has 0 bridgehead atoms. The summed E-state index contributed by atoms with van der Waals surface area (Å²) in [4.78, 5) is 17.8. The Morgan fingerprint density at radius 3 is 2.39 bits per heavy atom. The Labute approximate surface area is 203 Å². The predicted molar refractivity (Wildman–Crippen MR) is 129 cm³/mol. The van der Waals surface area contributed by atoms with E-state index in [0.717, 1.165) is 24.8 Å². The van der Waals surface area contributed by atoms with Crippen molar-refractivity contribution in [3.63, 3.8) is 0 Å². The van der Waals surface area contributed by atoms with Crippen molar-refractivity contribution in [2.24, 2.45) is 5.92 Å². The van der Waals surface area contributed by atoms with Crippen LogP contribution in [0, 0.1) is 5.92 Å². The highest BCUT2D eigenvalue weighted by Crippen LogP contribution is 2.56. The van der Waals surface area contributed by atoms with Crippen LogP contribution in [-0.2, 0) is 25.8 Å². The average molecular weight is 501 g/mol. The molecule has 0 aromatic carbocycles. The molecule has 1 aromatic rings. The number of pyridine rings is 1. The molecule has 3 fully saturated rings. The van der Waals surface area contributed by atoms with E-state index >= 15 is 0 Å². The molecule has 0 spiro atoms. The number of unbranched alkanes of at least 4 members (excludes halogenated alkanes) is 1. The van der Waals surface area contributed by atoms with E-state index in [1.807, 2.05) is 12.3 Å². The minimum atomic E-state index is -3.56. The molecule has 0 atom stereocenters. The van der Waals surface area contributed by atoms with Gasteiger partial charge in [0.25, 0.3) is 0 Å². The van der Waals surface area contributed by atoms with Crippen LogP contribution >= 0.6 is 12.4 Å². The van der Waals surface area contributed by atoms with Gasteiger partial charge in [-0.15, -0.1) is 12.4 Å². The lowest BCUT2D eigenvalue weighted by atomic mass is 9.92. The molecular formula is C23H37ClN4O4S. The van der Waals surface area contributed by atoms with E-state index in [1.54, 1.807) is 5.48 Å². The molecule has 3 N–H and O–H groups in total. The molecule has 0 unspecified atom stereocenters. The Bertz CT molecular complexity index is 907. The van der Waals surface area contributed by atoms with Gasteiger partial charge in [0.1, 0.15) is 9.62 Å². The first-order valence-corrected chi connectivity index (χ1v) is 13.5. The molecule has 1 saturated carbocycles. The molecule has 10 heteroatoms. The van der Waals surface area contributed by atoms with Crippen LogP contribution in [0.2, 0.25) is 0 Å². The van der Waals surface area contributed by atoms with Crippen molar-refractivity contribution >= 4 is 28.2 Å². The summed E-state index contributed by atoms with van der Waals surface area (Å²) in [7, 11) is -3.56. The van der Waals surface area contributed by atoms with Gasteiger partial charge in [-0.25, -0.2) is 13.9 Å². The van der Waals surface area contributed by atoms with Gasteiger partial charge >= 0.3 is 0 Å². The molecule has 2 aliphatic heterocycles. The molecule has 186 valence electrons. The molecule has 2 saturated heterocycles. The van der Waals surface area contributed by atoms with Crippen molar-refractivity contribution in [1.29, 1.82) is 0 Å². The molecule has 4 rings (SSSR count). The highest BCUT2D eigenvalue weighted by Gasteiger charge is 2.66. The number of carbonyl (C=O) groups excluding carboxylic acids is 1. The van der Waals surface area contributed by atoms with E-state index in [0.29, 0.717) is 70.4 Å². The summed E-state index contributed by atoms with van der Waals surface area (Å²) in [6.07, 6.45) is 8.49. The fourth-order valence-corrected chi connectivity index (χ4v) is 8.61. The third-order valence-corrected chi connectivity index (χ3v) is 11.1. The third-order valence-electron chi connectivity index (χ3n) is 7.77. The van der Waals surface area contributed by atoms with Crippen molar-refractivity contribution in [2.75, 3.05) is 26.2 Å². The number of hydroxylamine groups is 1. The number of aryl methyl sites for hydroxylation is 1. The summed E-state index contributed by atoms with van der Waals surface area (Å²) >= 11 is 0. The van der Waals surface area contributed by atoms with Crippen LogP contribution in [-0.4, -0.2) is 60.5 Å². The number of sulfone groups is 1. The zero-order valence-electron chi connectivity index (χ0n) is 19.4. The zero-order chi connectivity index (χ0) is 22.8. The number of rotatable bonds is 8. The fourth-order valence-electron chi connectivity index (χ4n) is 5.58. The number of halogens is 1. The van der Waals surface area contributed by atoms with Crippen LogP contribution in [0.4, 0.5) is 0 Å². The number of nitrogens with zero attached hydrogens (tertiary/aromatic N) is 2. The number of amides is 1. The van der Waals surface area contributed by atoms with Crippen molar-refractivity contribution in [3.8, 4) is 0 Å². The number of likely N-dealkylation sites (tertiary alicyclic amines) is 1. The van der Waals surface area contributed by atoms with Crippen LogP contribution in [0.25, 0.3) is 0 Å². The molecule has 0 radical (unpaired) electrons. The van der Waals surface area contributed by atoms with E-state index < -0.39 is 19.5 Å². The van der Waals surface area contributed by atoms with Gasteiger partial charge in [0.05, 0.1) is 5.69 Å². The first kappa shape index (κ1) is 26.3. The SMILES string of the molecule is CCCCc1ccc(C2(S(=O)(=O)C3(N4CCC(C(=O)NO)CC4)CC3)CCNCC2)nc1.Cl. The van der Waals surface area contributed by atoms with Gasteiger partial charge in [-0.05, 0) is 76.1 Å². The van der Waals surface area contributed by atoms with Crippen LogP contribution in [0.15, 0.2) is 18.3 Å². The van der Waals surface area contributed by atoms with E-state index in [9.17, 15) is 13.2 Å². The quantitative estimate of drug-likeness (QED) is 0.371. The van der Waals surface area contributed by atoms with E-state index in [4.69, 9.17) is 10.2 Å². The molecule has 1 aliphatic carbocycles. The smallest absolute Gasteiger partial charge is 0.246 e. The molecule has 1 amide bonds. The minimum absolute atomic E-state index is 0. The summed E-state index contributed by atoms with van der Waals surface area (Å²) in [6.45, 7) is 4.58. The lowest BCUT2D eigenvalue weighted by Gasteiger charge is -2.44. The molecule has 3 heterocycles. The van der Waals surface area contributed by atoms with Crippen molar-refractivity contribution in [1.82, 2.24) is 20.7 Å². The summed E-state index contributed by atoms with van der Waals surface area (Å²) in [6, 6.07) is 4.00. The Morgan fingerprint density at radius 2 is 1.88 bits per heavy atom. The Balaban J connectivity index is 0.00000306. The molecule has 3 aliphatic rings. The molecule has 33 heavy (non-hydrogen) atoms. The Morgan fingerprint density at radius 1 is 1.21 bits per heavy atom. The van der Waals surface area contributed by atoms with Crippen molar-refractivity contribution < 1.29 is 18.4 Å². The number of piperidine rings is 2. The van der Waals surface area contributed by atoms with Crippen molar-refractivity contribution in [2.45, 2.75) is 74.3 Å². The van der Waals surface area contributed by atoms with Gasteiger partial charge < -0.3 is 5.32 Å². The van der Waals surface area contributed by atoms with Gasteiger partial charge in [0.2, 0.25) is 5.91 Å². The van der Waals surface area contributed by atoms with Crippen LogP contribution in [0.5, 0.6) is 0 Å². The maximum absolute atomic E-state index is 14.4. The lowest BCUT2D eigenvalue weighted by molar-refractivity contribution is -0.135. The first-order valence-electron chi connectivity index (χ1n) is 12.0. The Hall–Kier alpha value is -1.26. The van der Waals surface area contributed by atoms with Crippen LogP contribution in [0.1, 0.15) is 69.5 Å². The number of carbonyl (C=O) groups is 1. The first-order chi connectivity index (χ1) is 15.4. The molecule has 1 aromatic heterocycles. The third kappa shape index (κ3) is 4.67. The average Bonchev–Trinajstić information content (AvgIpc) is 3.66. The molecule has 8 nitrogen and oxygen atoms in total. The second kappa shape index (κ2) is 10.6. The van der Waals surface area contributed by atoms with Gasteiger partial charge in [-0.2, -0.15) is 0 Å².